The maximum Gasteiger partial charge on any atom is 0.404 e. The van der Waals surface area contributed by atoms with Gasteiger partial charge >= 0.3 is 6.09 Å². The fourth-order valence-corrected chi connectivity index (χ4v) is 4.73. The maximum atomic E-state index is 11.2. The van der Waals surface area contributed by atoms with E-state index in [9.17, 15) is 9.90 Å². The molecule has 3 aromatic rings. The van der Waals surface area contributed by atoms with Gasteiger partial charge in [0.1, 0.15) is 5.82 Å². The molecule has 0 aromatic carbocycles. The van der Waals surface area contributed by atoms with Crippen LogP contribution in [0.5, 0.6) is 0 Å². The molecule has 3 heterocycles. The molecule has 1 aliphatic rings. The molecule has 28 heavy (non-hydrogen) atoms. The second-order valence-corrected chi connectivity index (χ2v) is 9.06. The number of hydrogen-bond donors (Lipinski definition) is 3. The van der Waals surface area contributed by atoms with Crippen LogP contribution in [0, 0.1) is 17.3 Å². The first-order valence-electron chi connectivity index (χ1n) is 9.98. The van der Waals surface area contributed by atoms with E-state index in [1.54, 1.807) is 6.20 Å². The van der Waals surface area contributed by atoms with Gasteiger partial charge in [0, 0.05) is 18.7 Å². The average Bonchev–Trinajstić information content (AvgIpc) is 3.26. The second-order valence-electron chi connectivity index (χ2n) is 9.06. The minimum absolute atomic E-state index is 0.0228. The summed E-state index contributed by atoms with van der Waals surface area (Å²) >= 11 is 0. The molecule has 3 N–H and O–H groups in total. The summed E-state index contributed by atoms with van der Waals surface area (Å²) in [7, 11) is 0. The molecular weight excluding hydrogens is 356 g/mol. The highest BCUT2D eigenvalue weighted by atomic mass is 16.4. The predicted octanol–water partition coefficient (Wildman–Crippen LogP) is 3.64. The first kappa shape index (κ1) is 18.7. The molecular formula is C20H28N6O2. The van der Waals surface area contributed by atoms with Gasteiger partial charge in [-0.15, -0.1) is 10.2 Å². The smallest absolute Gasteiger partial charge is 0.404 e. The molecule has 4 rings (SSSR count). The van der Waals surface area contributed by atoms with Crippen LogP contribution in [0.2, 0.25) is 0 Å². The van der Waals surface area contributed by atoms with Crippen molar-refractivity contribution in [3.8, 4) is 0 Å². The zero-order valence-electron chi connectivity index (χ0n) is 16.6. The molecule has 1 aliphatic carbocycles. The van der Waals surface area contributed by atoms with Crippen LogP contribution in [-0.4, -0.2) is 41.8 Å². The van der Waals surface area contributed by atoms with Gasteiger partial charge in [0.05, 0.1) is 11.7 Å². The van der Waals surface area contributed by atoms with Gasteiger partial charge < -0.3 is 15.4 Å². The van der Waals surface area contributed by atoms with Crippen LogP contribution >= 0.6 is 0 Å². The number of fused-ring (bicyclic) bond motifs is 3. The van der Waals surface area contributed by atoms with E-state index < -0.39 is 6.09 Å². The molecule has 0 bridgehead atoms. The number of aromatic amines is 1. The van der Waals surface area contributed by atoms with Crippen LogP contribution in [0.1, 0.15) is 52.3 Å². The quantitative estimate of drug-likeness (QED) is 0.636. The topological polar surface area (TPSA) is 108 Å². The first-order chi connectivity index (χ1) is 13.3. The highest BCUT2D eigenvalue weighted by Gasteiger charge is 2.36. The third kappa shape index (κ3) is 3.55. The number of aromatic nitrogens is 5. The van der Waals surface area contributed by atoms with Crippen LogP contribution in [0.3, 0.4) is 0 Å². The van der Waals surface area contributed by atoms with Gasteiger partial charge in [0.25, 0.3) is 0 Å². The SMILES string of the molecule is CC(C)(C)C(NC(=O)O)[C@H]1CC[C@H](Cc2nnc3cnc4[nH]ccc4n23)CC1. The Bertz CT molecular complexity index is 978. The Hall–Kier alpha value is -2.64. The van der Waals surface area contributed by atoms with Crippen LogP contribution in [-0.2, 0) is 6.42 Å². The standard InChI is InChI=1S/C20H28N6O2/c1-20(2,3)17(23-19(27)28)13-6-4-12(5-7-13)10-15-24-25-16-11-22-18-14(26(15)16)8-9-21-18/h8-9,11-13,17,21,23H,4-7,10H2,1-3H3,(H,27,28)/t12-,13-,17?. The fraction of sp³-hybridized carbons (Fsp3) is 0.600. The third-order valence-corrected chi connectivity index (χ3v) is 6.06. The fourth-order valence-electron chi connectivity index (χ4n) is 4.73. The number of nitrogens with one attached hydrogen (secondary N) is 2. The predicted molar refractivity (Wildman–Crippen MR) is 106 cm³/mol. The van der Waals surface area contributed by atoms with Gasteiger partial charge in [-0.05, 0) is 49.0 Å². The van der Waals surface area contributed by atoms with Crippen LogP contribution in [0.4, 0.5) is 4.79 Å². The molecule has 0 aliphatic heterocycles. The summed E-state index contributed by atoms with van der Waals surface area (Å²) in [5.74, 6) is 1.89. The van der Waals surface area contributed by atoms with E-state index in [4.69, 9.17) is 0 Å². The van der Waals surface area contributed by atoms with Crippen LogP contribution in [0.15, 0.2) is 18.5 Å². The summed E-state index contributed by atoms with van der Waals surface area (Å²) in [5.41, 5.74) is 2.52. The second kappa shape index (κ2) is 7.07. The Balaban J connectivity index is 1.47. The van der Waals surface area contributed by atoms with Crippen molar-refractivity contribution in [3.05, 3.63) is 24.3 Å². The lowest BCUT2D eigenvalue weighted by Crippen LogP contribution is -2.49. The molecule has 1 fully saturated rings. The number of nitrogens with zero attached hydrogens (tertiary/aromatic N) is 4. The zero-order valence-corrected chi connectivity index (χ0v) is 16.6. The normalized spacial score (nSPS) is 21.8. The number of carboxylic acid groups (broad SMARTS) is 1. The van der Waals surface area contributed by atoms with Crippen LogP contribution in [0.25, 0.3) is 16.8 Å². The van der Waals surface area contributed by atoms with Crippen molar-refractivity contribution >= 4 is 22.9 Å². The van der Waals surface area contributed by atoms with E-state index >= 15 is 0 Å². The Morgan fingerprint density at radius 2 is 2.07 bits per heavy atom. The van der Waals surface area contributed by atoms with Crippen molar-refractivity contribution in [2.75, 3.05) is 0 Å². The molecule has 8 heteroatoms. The number of carbonyl (C=O) groups is 1. The van der Waals surface area contributed by atoms with Crippen molar-refractivity contribution in [2.24, 2.45) is 17.3 Å². The molecule has 1 unspecified atom stereocenters. The Morgan fingerprint density at radius 1 is 1.32 bits per heavy atom. The Labute approximate surface area is 163 Å². The van der Waals surface area contributed by atoms with E-state index in [2.05, 4.69) is 50.7 Å². The van der Waals surface area contributed by atoms with Gasteiger partial charge in [0.2, 0.25) is 0 Å². The molecule has 150 valence electrons. The number of amides is 1. The third-order valence-electron chi connectivity index (χ3n) is 6.06. The lowest BCUT2D eigenvalue weighted by Gasteiger charge is -2.40. The average molecular weight is 384 g/mol. The van der Waals surface area contributed by atoms with Gasteiger partial charge in [0.15, 0.2) is 11.3 Å². The highest BCUT2D eigenvalue weighted by Crippen LogP contribution is 2.38. The van der Waals surface area contributed by atoms with Gasteiger partial charge in [-0.1, -0.05) is 20.8 Å². The molecule has 1 atom stereocenters. The largest absolute Gasteiger partial charge is 0.465 e. The van der Waals surface area contributed by atoms with Crippen molar-refractivity contribution in [3.63, 3.8) is 0 Å². The number of H-pyrrole nitrogens is 1. The summed E-state index contributed by atoms with van der Waals surface area (Å²) in [4.78, 5) is 18.8. The molecule has 0 spiro atoms. The molecule has 8 nitrogen and oxygen atoms in total. The Morgan fingerprint density at radius 3 is 2.75 bits per heavy atom. The summed E-state index contributed by atoms with van der Waals surface area (Å²) in [6.45, 7) is 6.33. The minimum Gasteiger partial charge on any atom is -0.465 e. The van der Waals surface area contributed by atoms with E-state index in [1.165, 1.54) is 0 Å². The van der Waals surface area contributed by atoms with E-state index in [-0.39, 0.29) is 11.5 Å². The van der Waals surface area contributed by atoms with E-state index in [0.717, 1.165) is 54.7 Å². The highest BCUT2D eigenvalue weighted by molar-refractivity contribution is 5.74. The van der Waals surface area contributed by atoms with Crippen molar-refractivity contribution in [1.82, 2.24) is 29.9 Å². The van der Waals surface area contributed by atoms with Crippen LogP contribution < -0.4 is 5.32 Å². The lowest BCUT2D eigenvalue weighted by molar-refractivity contribution is 0.124. The molecule has 3 aromatic heterocycles. The molecule has 0 radical (unpaired) electrons. The van der Waals surface area contributed by atoms with Crippen molar-refractivity contribution in [1.29, 1.82) is 0 Å². The van der Waals surface area contributed by atoms with Gasteiger partial charge in [-0.2, -0.15) is 0 Å². The number of rotatable bonds is 4. The van der Waals surface area contributed by atoms with Crippen molar-refractivity contribution in [2.45, 2.75) is 58.9 Å². The van der Waals surface area contributed by atoms with Gasteiger partial charge in [-0.25, -0.2) is 9.78 Å². The van der Waals surface area contributed by atoms with E-state index in [1.807, 2.05) is 12.3 Å². The zero-order chi connectivity index (χ0) is 19.9. The summed E-state index contributed by atoms with van der Waals surface area (Å²) in [6, 6.07) is 1.98. The maximum absolute atomic E-state index is 11.2. The summed E-state index contributed by atoms with van der Waals surface area (Å²) in [6.07, 6.45) is 7.80. The van der Waals surface area contributed by atoms with Gasteiger partial charge in [-0.3, -0.25) is 4.40 Å². The number of hydrogen-bond acceptors (Lipinski definition) is 4. The Kier molecular flexibility index (Phi) is 4.72. The monoisotopic (exact) mass is 384 g/mol. The first-order valence-corrected chi connectivity index (χ1v) is 9.98. The lowest BCUT2D eigenvalue weighted by atomic mass is 9.70. The minimum atomic E-state index is -0.930. The molecule has 1 saturated carbocycles. The molecule has 1 amide bonds. The van der Waals surface area contributed by atoms with Crippen molar-refractivity contribution < 1.29 is 9.90 Å². The summed E-state index contributed by atoms with van der Waals surface area (Å²) in [5, 5.41) is 20.7. The molecule has 0 saturated heterocycles. The summed E-state index contributed by atoms with van der Waals surface area (Å²) < 4.78 is 2.09. The van der Waals surface area contributed by atoms with E-state index in [0.29, 0.717) is 11.8 Å².